The molecule has 0 rings (SSSR count). The van der Waals surface area contributed by atoms with Crippen LogP contribution in [0.4, 0.5) is 13.2 Å². The van der Waals surface area contributed by atoms with Crippen LogP contribution in [0.2, 0.25) is 0 Å². The second-order valence-electron chi connectivity index (χ2n) is 1.63. The van der Waals surface area contributed by atoms with E-state index < -0.39 is 17.4 Å². The minimum absolute atomic E-state index is 0.115. The van der Waals surface area contributed by atoms with Crippen molar-refractivity contribution in [2.45, 2.75) is 6.18 Å². The van der Waals surface area contributed by atoms with Crippen molar-refractivity contribution in [1.82, 2.24) is 0 Å². The lowest BCUT2D eigenvalue weighted by atomic mass is 10.2. The van der Waals surface area contributed by atoms with E-state index in [1.165, 1.54) is 0 Å². The number of hydrogen-bond acceptors (Lipinski definition) is 3. The molecule has 0 aliphatic rings. The highest BCUT2D eigenvalue weighted by Crippen LogP contribution is 2.22. The van der Waals surface area contributed by atoms with Crippen LogP contribution >= 0.6 is 0 Å². The van der Waals surface area contributed by atoms with Gasteiger partial charge in [0.15, 0.2) is 6.29 Å². The van der Waals surface area contributed by atoms with Gasteiger partial charge in [-0.15, -0.1) is 0 Å². The Bertz CT molecular complexity index is 196. The maximum atomic E-state index is 11.6. The van der Waals surface area contributed by atoms with E-state index >= 15 is 0 Å². The van der Waals surface area contributed by atoms with Crippen molar-refractivity contribution in [3.63, 3.8) is 0 Å². The van der Waals surface area contributed by atoms with Crippen LogP contribution in [-0.4, -0.2) is 18.7 Å². The average molecular weight is 166 g/mol. The fourth-order valence-electron chi connectivity index (χ4n) is 0.339. The lowest BCUT2D eigenvalue weighted by molar-refractivity contribution is -0.107. The van der Waals surface area contributed by atoms with E-state index in [0.29, 0.717) is 0 Å². The average Bonchev–Trinajstić information content (AvgIpc) is 1.88. The molecular formula is C5H5F3N2O. The molecule has 0 atom stereocenters. The highest BCUT2D eigenvalue weighted by atomic mass is 19.4. The number of nitrogens with two attached hydrogens (primary N) is 1. The van der Waals surface area contributed by atoms with Crippen molar-refractivity contribution in [3.05, 3.63) is 11.3 Å². The fraction of sp³-hybridized carbons (Fsp3) is 0.200. The molecule has 0 aromatic heterocycles. The molecule has 0 amide bonds. The Morgan fingerprint density at radius 1 is 1.45 bits per heavy atom. The van der Waals surface area contributed by atoms with E-state index in [2.05, 4.69) is 5.73 Å². The van der Waals surface area contributed by atoms with Gasteiger partial charge in [-0.2, -0.15) is 13.2 Å². The Morgan fingerprint density at radius 3 is 2.00 bits per heavy atom. The molecule has 0 saturated carbocycles. The van der Waals surface area contributed by atoms with Crippen LogP contribution in [0.15, 0.2) is 11.3 Å². The Kier molecular flexibility index (Phi) is 2.79. The molecule has 0 bridgehead atoms. The first kappa shape index (κ1) is 9.67. The molecule has 62 valence electrons. The summed E-state index contributed by atoms with van der Waals surface area (Å²) in [6.07, 6.45) is -4.60. The van der Waals surface area contributed by atoms with Gasteiger partial charge < -0.3 is 11.1 Å². The van der Waals surface area contributed by atoms with Gasteiger partial charge in [-0.3, -0.25) is 4.79 Å². The number of aldehydes is 1. The summed E-state index contributed by atoms with van der Waals surface area (Å²) in [5.74, 6) is 0. The van der Waals surface area contributed by atoms with Gasteiger partial charge in [-0.25, -0.2) is 0 Å². The first-order valence-corrected chi connectivity index (χ1v) is 2.46. The maximum Gasteiger partial charge on any atom is 0.431 e. The Balaban J connectivity index is 4.91. The molecule has 0 aromatic rings. The van der Waals surface area contributed by atoms with Crippen LogP contribution in [-0.2, 0) is 4.79 Å². The third-order valence-corrected chi connectivity index (χ3v) is 0.899. The van der Waals surface area contributed by atoms with Crippen LogP contribution < -0.4 is 5.73 Å². The minimum atomic E-state index is -4.74. The van der Waals surface area contributed by atoms with E-state index in [4.69, 9.17) is 5.41 Å². The summed E-state index contributed by atoms with van der Waals surface area (Å²) < 4.78 is 34.9. The van der Waals surface area contributed by atoms with Gasteiger partial charge >= 0.3 is 6.18 Å². The van der Waals surface area contributed by atoms with E-state index in [0.717, 1.165) is 0 Å². The quantitative estimate of drug-likeness (QED) is 0.358. The smallest absolute Gasteiger partial charge is 0.394 e. The van der Waals surface area contributed by atoms with E-state index in [1.807, 2.05) is 0 Å². The van der Waals surface area contributed by atoms with E-state index in [9.17, 15) is 18.0 Å². The summed E-state index contributed by atoms with van der Waals surface area (Å²) >= 11 is 0. The zero-order valence-electron chi connectivity index (χ0n) is 5.27. The largest absolute Gasteiger partial charge is 0.431 e. The van der Waals surface area contributed by atoms with Crippen molar-refractivity contribution in [2.24, 2.45) is 5.73 Å². The zero-order valence-corrected chi connectivity index (χ0v) is 5.27. The molecule has 0 aliphatic carbocycles. The van der Waals surface area contributed by atoms with Crippen molar-refractivity contribution >= 4 is 12.5 Å². The molecule has 3 N–H and O–H groups in total. The number of carbonyl (C=O) groups is 1. The molecule has 0 aromatic carbocycles. The third kappa shape index (κ3) is 2.40. The van der Waals surface area contributed by atoms with E-state index in [1.54, 1.807) is 0 Å². The highest BCUT2D eigenvalue weighted by Gasteiger charge is 2.33. The van der Waals surface area contributed by atoms with Crippen molar-refractivity contribution in [3.8, 4) is 0 Å². The molecule has 0 fully saturated rings. The minimum Gasteiger partial charge on any atom is -0.394 e. The Hall–Kier alpha value is -1.33. The zero-order chi connectivity index (χ0) is 9.07. The molecule has 0 aliphatic heterocycles. The summed E-state index contributed by atoms with van der Waals surface area (Å²) in [5.41, 5.74) is 2.09. The van der Waals surface area contributed by atoms with Gasteiger partial charge in [0.25, 0.3) is 0 Å². The second-order valence-corrected chi connectivity index (χ2v) is 1.63. The Labute approximate surface area is 60.2 Å². The van der Waals surface area contributed by atoms with Gasteiger partial charge in [0.1, 0.15) is 5.70 Å². The predicted molar refractivity (Wildman–Crippen MR) is 32.1 cm³/mol. The first-order valence-electron chi connectivity index (χ1n) is 2.46. The standard InChI is InChI=1S/C5H5F3N2O/c6-5(7,8)4(10)3(1-9)2-11/h1-2,9H,10H2/b4-3+,9-1?. The van der Waals surface area contributed by atoms with Crippen molar-refractivity contribution < 1.29 is 18.0 Å². The monoisotopic (exact) mass is 166 g/mol. The van der Waals surface area contributed by atoms with Gasteiger partial charge in [-0.05, 0) is 0 Å². The number of halogens is 3. The van der Waals surface area contributed by atoms with E-state index in [-0.39, 0.29) is 12.5 Å². The molecule has 0 spiro atoms. The predicted octanol–water partition coefficient (Wildman–Crippen LogP) is 0.610. The number of rotatable bonds is 2. The normalized spacial score (nSPS) is 13.7. The molecular weight excluding hydrogens is 161 g/mol. The molecule has 0 radical (unpaired) electrons. The summed E-state index contributed by atoms with van der Waals surface area (Å²) in [7, 11) is 0. The topological polar surface area (TPSA) is 66.9 Å². The fourth-order valence-corrected chi connectivity index (χ4v) is 0.339. The second kappa shape index (κ2) is 3.18. The van der Waals surface area contributed by atoms with Gasteiger partial charge in [0.05, 0.1) is 5.57 Å². The maximum absolute atomic E-state index is 11.6. The van der Waals surface area contributed by atoms with Gasteiger partial charge in [0, 0.05) is 6.21 Å². The number of nitrogens with one attached hydrogen (secondary N) is 1. The number of hydrogen-bond donors (Lipinski definition) is 2. The third-order valence-electron chi connectivity index (χ3n) is 0.899. The number of alkyl halides is 3. The highest BCUT2D eigenvalue weighted by molar-refractivity contribution is 6.01. The van der Waals surface area contributed by atoms with Crippen molar-refractivity contribution in [2.75, 3.05) is 0 Å². The summed E-state index contributed by atoms with van der Waals surface area (Å²) in [6.45, 7) is 0. The van der Waals surface area contributed by atoms with Crippen molar-refractivity contribution in [1.29, 1.82) is 5.41 Å². The van der Waals surface area contributed by atoms with Crippen LogP contribution in [0.25, 0.3) is 0 Å². The van der Waals surface area contributed by atoms with Gasteiger partial charge in [0.2, 0.25) is 0 Å². The van der Waals surface area contributed by atoms with Crippen LogP contribution in [0.3, 0.4) is 0 Å². The summed E-state index contributed by atoms with van der Waals surface area (Å²) in [4.78, 5) is 9.84. The molecule has 0 unspecified atom stereocenters. The Morgan fingerprint density at radius 2 is 1.91 bits per heavy atom. The SMILES string of the molecule is N=C/C(C=O)=C(\N)C(F)(F)F. The van der Waals surface area contributed by atoms with Crippen LogP contribution in [0.1, 0.15) is 0 Å². The lowest BCUT2D eigenvalue weighted by Gasteiger charge is -2.06. The number of allylic oxidation sites excluding steroid dienone is 2. The molecule has 0 saturated heterocycles. The molecule has 0 heterocycles. The lowest BCUT2D eigenvalue weighted by Crippen LogP contribution is -2.22. The molecule has 3 nitrogen and oxygen atoms in total. The first-order chi connectivity index (χ1) is 4.93. The molecule has 11 heavy (non-hydrogen) atoms. The summed E-state index contributed by atoms with van der Waals surface area (Å²) in [6, 6.07) is 0. The van der Waals surface area contributed by atoms with Crippen LogP contribution in [0, 0.1) is 5.41 Å². The molecule has 6 heteroatoms. The van der Waals surface area contributed by atoms with Crippen LogP contribution in [0.5, 0.6) is 0 Å². The number of carbonyl (C=O) groups excluding carboxylic acids is 1. The van der Waals surface area contributed by atoms with Gasteiger partial charge in [-0.1, -0.05) is 0 Å². The summed E-state index contributed by atoms with van der Waals surface area (Å²) in [5, 5.41) is 6.38.